The van der Waals surface area contributed by atoms with Gasteiger partial charge in [-0.05, 0) is 51.3 Å². The van der Waals surface area contributed by atoms with Crippen molar-refractivity contribution in [2.75, 3.05) is 13.1 Å². The summed E-state index contributed by atoms with van der Waals surface area (Å²) in [6, 6.07) is 10.4. The summed E-state index contributed by atoms with van der Waals surface area (Å²) in [5, 5.41) is 11.6. The summed E-state index contributed by atoms with van der Waals surface area (Å²) in [6.45, 7) is 7.19. The lowest BCUT2D eigenvalue weighted by atomic mass is 9.75. The minimum absolute atomic E-state index is 0.123. The van der Waals surface area contributed by atoms with E-state index in [4.69, 9.17) is 4.74 Å². The number of rotatable bonds is 7. The van der Waals surface area contributed by atoms with Gasteiger partial charge in [0.15, 0.2) is 0 Å². The van der Waals surface area contributed by atoms with E-state index < -0.39 is 0 Å². The van der Waals surface area contributed by atoms with Gasteiger partial charge in [0.25, 0.3) is 0 Å². The Morgan fingerprint density at radius 3 is 2.86 bits per heavy atom. The highest BCUT2D eigenvalue weighted by Crippen LogP contribution is 2.37. The molecule has 4 atom stereocenters. The Hall–Kier alpha value is -2.41. The fourth-order valence-corrected chi connectivity index (χ4v) is 4.40. The lowest BCUT2D eigenvalue weighted by Crippen LogP contribution is -2.58. The maximum Gasteiger partial charge on any atom is 0.224 e. The topological polar surface area (TPSA) is 72.3 Å². The van der Waals surface area contributed by atoms with E-state index in [-0.39, 0.29) is 17.9 Å². The summed E-state index contributed by atoms with van der Waals surface area (Å²) in [4.78, 5) is 14.9. The van der Waals surface area contributed by atoms with Crippen LogP contribution in [0.1, 0.15) is 32.4 Å². The van der Waals surface area contributed by atoms with Crippen LogP contribution in [0.5, 0.6) is 5.75 Å². The van der Waals surface area contributed by atoms with Crippen molar-refractivity contribution in [3.05, 3.63) is 42.2 Å². The van der Waals surface area contributed by atoms with Crippen LogP contribution in [-0.4, -0.2) is 51.0 Å². The molecule has 1 aromatic carbocycles. The first-order valence-electron chi connectivity index (χ1n) is 10.2. The quantitative estimate of drug-likeness (QED) is 0.793. The average molecular weight is 383 g/mol. The van der Waals surface area contributed by atoms with E-state index in [2.05, 4.69) is 20.5 Å². The first kappa shape index (κ1) is 18.9. The van der Waals surface area contributed by atoms with Crippen LogP contribution in [0, 0.1) is 11.8 Å². The number of aromatic nitrogens is 3. The predicted molar refractivity (Wildman–Crippen MR) is 106 cm³/mol. The lowest BCUT2D eigenvalue weighted by Gasteiger charge is -2.49. The number of para-hydroxylation sites is 1. The van der Waals surface area contributed by atoms with Gasteiger partial charge >= 0.3 is 0 Å². The smallest absolute Gasteiger partial charge is 0.224 e. The molecule has 4 heterocycles. The van der Waals surface area contributed by atoms with E-state index in [9.17, 15) is 4.79 Å². The molecular formula is C21H29N5O2. The van der Waals surface area contributed by atoms with Crippen molar-refractivity contribution in [1.29, 1.82) is 0 Å². The molecule has 3 aliphatic rings. The van der Waals surface area contributed by atoms with Crippen molar-refractivity contribution in [3.8, 4) is 5.75 Å². The first-order chi connectivity index (χ1) is 13.6. The van der Waals surface area contributed by atoms with Crippen LogP contribution in [0.15, 0.2) is 36.5 Å². The number of nitrogens with zero attached hydrogens (tertiary/aromatic N) is 4. The normalized spacial score (nSPS) is 26.4. The molecule has 1 amide bonds. The van der Waals surface area contributed by atoms with Gasteiger partial charge in [-0.15, -0.1) is 5.10 Å². The summed E-state index contributed by atoms with van der Waals surface area (Å²) < 4.78 is 7.66. The largest absolute Gasteiger partial charge is 0.487 e. The number of hydrogen-bond acceptors (Lipinski definition) is 5. The predicted octanol–water partition coefficient (Wildman–Crippen LogP) is 2.09. The second-order valence-electron chi connectivity index (χ2n) is 8.24. The number of benzene rings is 1. The summed E-state index contributed by atoms with van der Waals surface area (Å²) in [5.41, 5.74) is 0.828. The van der Waals surface area contributed by atoms with Crippen molar-refractivity contribution >= 4 is 5.91 Å². The van der Waals surface area contributed by atoms with Gasteiger partial charge in [0.2, 0.25) is 5.91 Å². The molecule has 28 heavy (non-hydrogen) atoms. The molecule has 3 fully saturated rings. The summed E-state index contributed by atoms with van der Waals surface area (Å²) in [5.74, 6) is 1.64. The summed E-state index contributed by atoms with van der Waals surface area (Å²) in [7, 11) is 0. The standard InChI is InChI=1S/C21H29N5O2/c1-15(2)22-21(27)20-13-25-9-8-16(20)10-18(25)12-26-11-17(23-24-26)14-28-19-6-4-3-5-7-19/h3-7,11,15-16,18,20H,8-10,12-14H2,1-2H3,(H,22,27)/t16?,18-,20+/m1/s1. The number of carbonyl (C=O) groups excluding carboxylic acids is 1. The minimum Gasteiger partial charge on any atom is -0.487 e. The molecule has 0 saturated carbocycles. The van der Waals surface area contributed by atoms with E-state index in [1.165, 1.54) is 0 Å². The second kappa shape index (κ2) is 8.31. The Morgan fingerprint density at radius 2 is 2.14 bits per heavy atom. The van der Waals surface area contributed by atoms with Crippen molar-refractivity contribution in [3.63, 3.8) is 0 Å². The molecule has 3 aliphatic heterocycles. The van der Waals surface area contributed by atoms with E-state index in [1.807, 2.05) is 55.1 Å². The molecule has 150 valence electrons. The van der Waals surface area contributed by atoms with Crippen LogP contribution in [0.2, 0.25) is 0 Å². The number of ether oxygens (including phenoxy) is 1. The zero-order chi connectivity index (χ0) is 19.5. The van der Waals surface area contributed by atoms with Crippen LogP contribution in [0.4, 0.5) is 0 Å². The molecule has 0 radical (unpaired) electrons. The van der Waals surface area contributed by atoms with Gasteiger partial charge < -0.3 is 10.1 Å². The van der Waals surface area contributed by atoms with Crippen LogP contribution in [0.25, 0.3) is 0 Å². The van der Waals surface area contributed by atoms with E-state index in [0.29, 0.717) is 18.6 Å². The van der Waals surface area contributed by atoms with Crippen molar-refractivity contribution in [2.24, 2.45) is 11.8 Å². The van der Waals surface area contributed by atoms with Crippen LogP contribution in [-0.2, 0) is 17.9 Å². The minimum atomic E-state index is 0.123. The van der Waals surface area contributed by atoms with Gasteiger partial charge in [-0.1, -0.05) is 23.4 Å². The third-order valence-electron chi connectivity index (χ3n) is 5.76. The zero-order valence-electron chi connectivity index (χ0n) is 16.6. The fraction of sp³-hybridized carbons (Fsp3) is 0.571. The maximum atomic E-state index is 12.5. The highest BCUT2D eigenvalue weighted by molar-refractivity contribution is 5.79. The first-order valence-corrected chi connectivity index (χ1v) is 10.2. The monoisotopic (exact) mass is 383 g/mol. The van der Waals surface area contributed by atoms with E-state index >= 15 is 0 Å². The number of amides is 1. The molecular weight excluding hydrogens is 354 g/mol. The van der Waals surface area contributed by atoms with Gasteiger partial charge in [-0.25, -0.2) is 0 Å². The third-order valence-corrected chi connectivity index (χ3v) is 5.76. The molecule has 3 saturated heterocycles. The number of fused-ring (bicyclic) bond motifs is 3. The van der Waals surface area contributed by atoms with Gasteiger partial charge in [0.1, 0.15) is 18.1 Å². The van der Waals surface area contributed by atoms with Crippen molar-refractivity contribution in [2.45, 2.75) is 51.9 Å². The maximum absolute atomic E-state index is 12.5. The van der Waals surface area contributed by atoms with Gasteiger partial charge in [-0.2, -0.15) is 0 Å². The van der Waals surface area contributed by atoms with Crippen LogP contribution >= 0.6 is 0 Å². The van der Waals surface area contributed by atoms with E-state index in [1.54, 1.807) is 0 Å². The summed E-state index contributed by atoms with van der Waals surface area (Å²) >= 11 is 0. The highest BCUT2D eigenvalue weighted by atomic mass is 16.5. The number of hydrogen-bond donors (Lipinski definition) is 1. The second-order valence-corrected chi connectivity index (χ2v) is 8.24. The zero-order valence-corrected chi connectivity index (χ0v) is 16.6. The molecule has 2 bridgehead atoms. The SMILES string of the molecule is CC(C)NC(=O)[C@H]1CN2CCC1C[C@@H]2Cn1cc(COc2ccccc2)nn1. The van der Waals surface area contributed by atoms with Gasteiger partial charge in [0.05, 0.1) is 18.7 Å². The molecule has 0 spiro atoms. The molecule has 0 aliphatic carbocycles. The van der Waals surface area contributed by atoms with Crippen molar-refractivity contribution in [1.82, 2.24) is 25.2 Å². The Morgan fingerprint density at radius 1 is 1.32 bits per heavy atom. The molecule has 7 heteroatoms. The van der Waals surface area contributed by atoms with E-state index in [0.717, 1.165) is 43.9 Å². The van der Waals surface area contributed by atoms with Crippen LogP contribution < -0.4 is 10.1 Å². The fourth-order valence-electron chi connectivity index (χ4n) is 4.40. The number of carbonyl (C=O) groups is 1. The Bertz CT molecular complexity index is 791. The third kappa shape index (κ3) is 4.35. The van der Waals surface area contributed by atoms with Gasteiger partial charge in [-0.3, -0.25) is 14.4 Å². The Labute approximate surface area is 166 Å². The molecule has 1 N–H and O–H groups in total. The number of piperidine rings is 3. The number of nitrogens with one attached hydrogen (secondary N) is 1. The molecule has 1 aromatic heterocycles. The Balaban J connectivity index is 1.31. The van der Waals surface area contributed by atoms with Crippen molar-refractivity contribution < 1.29 is 9.53 Å². The van der Waals surface area contributed by atoms with Gasteiger partial charge in [0, 0.05) is 18.6 Å². The summed E-state index contributed by atoms with van der Waals surface area (Å²) in [6.07, 6.45) is 4.13. The average Bonchev–Trinajstić information content (AvgIpc) is 3.14. The molecule has 7 nitrogen and oxygen atoms in total. The molecule has 5 rings (SSSR count). The Kier molecular flexibility index (Phi) is 5.62. The van der Waals surface area contributed by atoms with Crippen LogP contribution in [0.3, 0.4) is 0 Å². The highest BCUT2D eigenvalue weighted by Gasteiger charge is 2.43. The molecule has 2 aromatic rings. The lowest BCUT2D eigenvalue weighted by molar-refractivity contribution is -0.133. The molecule has 2 unspecified atom stereocenters.